The molecule has 0 aliphatic heterocycles. The fraction of sp³-hybridized carbons (Fsp3) is 0.118. The maximum Gasteiger partial charge on any atom is 0.365 e. The van der Waals surface area contributed by atoms with Crippen LogP contribution in [0.25, 0.3) is 10.9 Å². The molecule has 4 rings (SSSR count). The normalized spacial score (nSPS) is 11.8. The van der Waals surface area contributed by atoms with Gasteiger partial charge in [-0.3, -0.25) is 5.43 Å². The zero-order valence-corrected chi connectivity index (χ0v) is 15.0. The lowest BCUT2D eigenvalue weighted by molar-refractivity contribution is 0.0233. The lowest BCUT2D eigenvalue weighted by atomic mass is 10.2. The molecule has 142 valence electrons. The molecule has 3 aromatic heterocycles. The molecular weight excluding hydrogens is 395 g/mol. The first-order valence-corrected chi connectivity index (χ1v) is 8.34. The number of fused-ring (bicyclic) bond motifs is 1. The van der Waals surface area contributed by atoms with Gasteiger partial charge in [0.05, 0.1) is 34.8 Å². The van der Waals surface area contributed by atoms with E-state index in [1.807, 2.05) is 0 Å². The largest absolute Gasteiger partial charge is 0.365 e. The number of rotatable bonds is 4. The van der Waals surface area contributed by atoms with Crippen molar-refractivity contribution in [1.29, 1.82) is 0 Å². The standard InChI is InChI=1S/C17H11ClF3N7/c1-9-5-6-24-28(9)27-14-11-3-2-4-12(18)13(11)25-16(26-14)17(20,21)15-22-7-10(19)8-23-15/h2-8H,1H3,(H,25,26,27). The summed E-state index contributed by atoms with van der Waals surface area (Å²) in [5, 5.41) is 4.64. The third-order valence-electron chi connectivity index (χ3n) is 3.90. The second-order valence-corrected chi connectivity index (χ2v) is 6.23. The van der Waals surface area contributed by atoms with Gasteiger partial charge < -0.3 is 0 Å². The third-order valence-corrected chi connectivity index (χ3v) is 4.21. The second-order valence-electron chi connectivity index (χ2n) is 5.83. The Hall–Kier alpha value is -3.27. The zero-order valence-electron chi connectivity index (χ0n) is 14.2. The molecule has 0 atom stereocenters. The Bertz CT molecular complexity index is 1160. The summed E-state index contributed by atoms with van der Waals surface area (Å²) in [6, 6.07) is 6.54. The van der Waals surface area contributed by atoms with Crippen LogP contribution in [0.1, 0.15) is 17.3 Å². The van der Waals surface area contributed by atoms with Gasteiger partial charge in [0, 0.05) is 5.39 Å². The number of anilines is 1. The number of aromatic nitrogens is 6. The van der Waals surface area contributed by atoms with Gasteiger partial charge in [-0.1, -0.05) is 17.7 Å². The van der Waals surface area contributed by atoms with Crippen LogP contribution in [-0.4, -0.2) is 29.8 Å². The molecule has 0 aliphatic carbocycles. The third kappa shape index (κ3) is 3.11. The first-order chi connectivity index (χ1) is 13.4. The maximum absolute atomic E-state index is 15.0. The van der Waals surface area contributed by atoms with Crippen LogP contribution in [0.3, 0.4) is 0 Å². The average Bonchev–Trinajstić information content (AvgIpc) is 3.07. The van der Waals surface area contributed by atoms with E-state index in [0.717, 1.165) is 5.69 Å². The van der Waals surface area contributed by atoms with Gasteiger partial charge in [0.2, 0.25) is 11.6 Å². The minimum absolute atomic E-state index is 0.0658. The van der Waals surface area contributed by atoms with Crippen LogP contribution in [0, 0.1) is 12.7 Å². The highest BCUT2D eigenvalue weighted by molar-refractivity contribution is 6.35. The molecule has 3 heterocycles. The van der Waals surface area contributed by atoms with E-state index in [1.165, 1.54) is 10.9 Å². The molecule has 0 aliphatic rings. The van der Waals surface area contributed by atoms with Crippen LogP contribution in [-0.2, 0) is 5.92 Å². The van der Waals surface area contributed by atoms with Crippen molar-refractivity contribution in [2.75, 3.05) is 5.43 Å². The van der Waals surface area contributed by atoms with Crippen molar-refractivity contribution in [2.24, 2.45) is 0 Å². The van der Waals surface area contributed by atoms with Crippen molar-refractivity contribution in [1.82, 2.24) is 29.8 Å². The van der Waals surface area contributed by atoms with Crippen molar-refractivity contribution in [3.8, 4) is 0 Å². The van der Waals surface area contributed by atoms with Gasteiger partial charge in [-0.15, -0.1) is 0 Å². The van der Waals surface area contributed by atoms with Crippen molar-refractivity contribution >= 4 is 28.3 Å². The highest BCUT2D eigenvalue weighted by atomic mass is 35.5. The highest BCUT2D eigenvalue weighted by Gasteiger charge is 2.41. The fourth-order valence-electron chi connectivity index (χ4n) is 2.50. The summed E-state index contributed by atoms with van der Waals surface area (Å²) in [4.78, 5) is 16.0. The van der Waals surface area contributed by atoms with Gasteiger partial charge in [-0.2, -0.15) is 18.7 Å². The number of nitrogens with one attached hydrogen (secondary N) is 1. The molecule has 0 unspecified atom stereocenters. The lowest BCUT2D eigenvalue weighted by Crippen LogP contribution is -2.24. The number of para-hydroxylation sites is 1. The Morgan fingerprint density at radius 3 is 2.50 bits per heavy atom. The van der Waals surface area contributed by atoms with Gasteiger partial charge in [0.15, 0.2) is 11.6 Å². The maximum atomic E-state index is 15.0. The first-order valence-electron chi connectivity index (χ1n) is 7.96. The van der Waals surface area contributed by atoms with E-state index in [9.17, 15) is 13.2 Å². The number of alkyl halides is 2. The van der Waals surface area contributed by atoms with E-state index in [1.54, 1.807) is 31.3 Å². The van der Waals surface area contributed by atoms with Gasteiger partial charge in [-0.25, -0.2) is 24.3 Å². The van der Waals surface area contributed by atoms with Crippen LogP contribution in [0.5, 0.6) is 0 Å². The molecule has 0 fully saturated rings. The van der Waals surface area contributed by atoms with Crippen molar-refractivity contribution in [3.05, 3.63) is 71.0 Å². The van der Waals surface area contributed by atoms with Gasteiger partial charge >= 0.3 is 5.92 Å². The fourth-order valence-corrected chi connectivity index (χ4v) is 2.72. The van der Waals surface area contributed by atoms with Crippen LogP contribution >= 0.6 is 11.6 Å². The smallest absolute Gasteiger partial charge is 0.260 e. The monoisotopic (exact) mass is 405 g/mol. The van der Waals surface area contributed by atoms with Crippen LogP contribution < -0.4 is 5.43 Å². The van der Waals surface area contributed by atoms with E-state index in [4.69, 9.17) is 11.6 Å². The Balaban J connectivity index is 1.90. The minimum atomic E-state index is -3.78. The average molecular weight is 406 g/mol. The lowest BCUT2D eigenvalue weighted by Gasteiger charge is -2.17. The van der Waals surface area contributed by atoms with Crippen LogP contribution in [0.4, 0.5) is 19.0 Å². The van der Waals surface area contributed by atoms with E-state index in [0.29, 0.717) is 17.8 Å². The SMILES string of the molecule is Cc1ccnn1Nc1nc(C(F)(F)c2ncc(F)cn2)nc2c(Cl)cccc12. The van der Waals surface area contributed by atoms with Gasteiger partial charge in [-0.05, 0) is 25.1 Å². The Labute approximate surface area is 161 Å². The highest BCUT2D eigenvalue weighted by Crippen LogP contribution is 2.35. The Kier molecular flexibility index (Phi) is 4.34. The summed E-state index contributed by atoms with van der Waals surface area (Å²) in [5.41, 5.74) is 3.70. The quantitative estimate of drug-likeness (QED) is 0.557. The molecule has 0 saturated heterocycles. The van der Waals surface area contributed by atoms with Crippen LogP contribution in [0.2, 0.25) is 5.02 Å². The molecule has 0 saturated carbocycles. The topological polar surface area (TPSA) is 81.4 Å². The molecule has 0 bridgehead atoms. The molecule has 0 radical (unpaired) electrons. The predicted molar refractivity (Wildman–Crippen MR) is 95.5 cm³/mol. The number of hydrogen-bond donors (Lipinski definition) is 1. The molecule has 7 nitrogen and oxygen atoms in total. The van der Waals surface area contributed by atoms with E-state index in [2.05, 4.69) is 30.5 Å². The summed E-state index contributed by atoms with van der Waals surface area (Å²) < 4.78 is 42.9. The summed E-state index contributed by atoms with van der Waals surface area (Å²) in [6.45, 7) is 1.78. The summed E-state index contributed by atoms with van der Waals surface area (Å²) >= 11 is 6.16. The predicted octanol–water partition coefficient (Wildman–Crippen LogP) is 3.73. The molecular formula is C17H11ClF3N7. The molecule has 0 amide bonds. The van der Waals surface area contributed by atoms with E-state index in [-0.39, 0.29) is 16.4 Å². The number of hydrogen-bond acceptors (Lipinski definition) is 6. The second kappa shape index (κ2) is 6.71. The molecule has 4 aromatic rings. The summed E-state index contributed by atoms with van der Waals surface area (Å²) in [7, 11) is 0. The summed E-state index contributed by atoms with van der Waals surface area (Å²) in [5.74, 6) is -6.36. The molecule has 1 aromatic carbocycles. The number of benzene rings is 1. The van der Waals surface area contributed by atoms with Crippen molar-refractivity contribution in [2.45, 2.75) is 12.8 Å². The Morgan fingerprint density at radius 1 is 1.07 bits per heavy atom. The van der Waals surface area contributed by atoms with E-state index < -0.39 is 23.4 Å². The van der Waals surface area contributed by atoms with Crippen molar-refractivity contribution < 1.29 is 13.2 Å². The Morgan fingerprint density at radius 2 is 1.82 bits per heavy atom. The number of aryl methyl sites for hydroxylation is 1. The van der Waals surface area contributed by atoms with Crippen LogP contribution in [0.15, 0.2) is 42.9 Å². The number of nitrogens with zero attached hydrogens (tertiary/aromatic N) is 6. The van der Waals surface area contributed by atoms with E-state index >= 15 is 0 Å². The first kappa shape index (κ1) is 18.1. The zero-order chi connectivity index (χ0) is 19.9. The van der Waals surface area contributed by atoms with Crippen molar-refractivity contribution in [3.63, 3.8) is 0 Å². The molecule has 11 heteroatoms. The van der Waals surface area contributed by atoms with Gasteiger partial charge in [0.1, 0.15) is 0 Å². The summed E-state index contributed by atoms with van der Waals surface area (Å²) in [6.07, 6.45) is 2.84. The molecule has 1 N–H and O–H groups in total. The molecule has 28 heavy (non-hydrogen) atoms. The minimum Gasteiger partial charge on any atom is -0.260 e. The number of halogens is 4. The molecule has 0 spiro atoms. The van der Waals surface area contributed by atoms with Gasteiger partial charge in [0.25, 0.3) is 0 Å².